The molecule has 0 amide bonds. The number of imidazole rings is 1. The standard InChI is InChI=1S/C18H19FN4S/c19-14-6-4-13(5-7-14)18-22-16(12-24-18)10-20-9-15-11-23-8-2-1-3-17(23)21-15/h4-7,11-12,20H,1-3,8-10H2. The first kappa shape index (κ1) is 15.5. The van der Waals surface area contributed by atoms with Crippen LogP contribution in [-0.2, 0) is 26.1 Å². The molecule has 1 aliphatic heterocycles. The first-order chi connectivity index (χ1) is 11.8. The van der Waals surface area contributed by atoms with Crippen LogP contribution in [0.2, 0.25) is 0 Å². The SMILES string of the molecule is Fc1ccc(-c2nc(CNCc3cn4c(n3)CCCC4)cs2)cc1. The van der Waals surface area contributed by atoms with E-state index < -0.39 is 0 Å². The van der Waals surface area contributed by atoms with Gasteiger partial charge in [0.05, 0.1) is 11.4 Å². The average molecular weight is 342 g/mol. The van der Waals surface area contributed by atoms with Crippen LogP contribution in [0.25, 0.3) is 10.6 Å². The molecule has 0 fully saturated rings. The number of thiazole rings is 1. The van der Waals surface area contributed by atoms with Gasteiger partial charge in [0.15, 0.2) is 0 Å². The Morgan fingerprint density at radius 2 is 1.92 bits per heavy atom. The fourth-order valence-corrected chi connectivity index (χ4v) is 3.81. The van der Waals surface area contributed by atoms with Gasteiger partial charge in [-0.05, 0) is 37.1 Å². The van der Waals surface area contributed by atoms with Crippen molar-refractivity contribution in [3.8, 4) is 10.6 Å². The summed E-state index contributed by atoms with van der Waals surface area (Å²) in [5.74, 6) is 0.991. The second kappa shape index (κ2) is 6.83. The van der Waals surface area contributed by atoms with Gasteiger partial charge in [0.2, 0.25) is 0 Å². The molecule has 124 valence electrons. The minimum absolute atomic E-state index is 0.222. The first-order valence-electron chi connectivity index (χ1n) is 8.24. The van der Waals surface area contributed by atoms with Crippen molar-refractivity contribution in [3.05, 3.63) is 58.9 Å². The van der Waals surface area contributed by atoms with Crippen molar-refractivity contribution in [2.45, 2.75) is 38.9 Å². The lowest BCUT2D eigenvalue weighted by Crippen LogP contribution is -2.13. The lowest BCUT2D eigenvalue weighted by molar-refractivity contribution is 0.522. The summed E-state index contributed by atoms with van der Waals surface area (Å²) in [6.45, 7) is 2.55. The highest BCUT2D eigenvalue weighted by Crippen LogP contribution is 2.23. The zero-order valence-corrected chi connectivity index (χ0v) is 14.2. The number of hydrogen-bond donors (Lipinski definition) is 1. The van der Waals surface area contributed by atoms with Crippen LogP contribution in [0.5, 0.6) is 0 Å². The van der Waals surface area contributed by atoms with Crippen LogP contribution in [0.15, 0.2) is 35.8 Å². The van der Waals surface area contributed by atoms with Crippen molar-refractivity contribution in [3.63, 3.8) is 0 Å². The summed E-state index contributed by atoms with van der Waals surface area (Å²) in [6, 6.07) is 6.46. The van der Waals surface area contributed by atoms with Crippen LogP contribution in [0.4, 0.5) is 4.39 Å². The van der Waals surface area contributed by atoms with Gasteiger partial charge in [-0.15, -0.1) is 11.3 Å². The van der Waals surface area contributed by atoms with E-state index in [1.165, 1.54) is 30.8 Å². The van der Waals surface area contributed by atoms with Crippen molar-refractivity contribution >= 4 is 11.3 Å². The molecule has 0 saturated heterocycles. The van der Waals surface area contributed by atoms with Crippen molar-refractivity contribution < 1.29 is 4.39 Å². The van der Waals surface area contributed by atoms with E-state index >= 15 is 0 Å². The Labute approximate surface area is 144 Å². The average Bonchev–Trinajstić information content (AvgIpc) is 3.22. The number of hydrogen-bond acceptors (Lipinski definition) is 4. The largest absolute Gasteiger partial charge is 0.335 e. The number of rotatable bonds is 5. The molecular weight excluding hydrogens is 323 g/mol. The van der Waals surface area contributed by atoms with Gasteiger partial charge >= 0.3 is 0 Å². The van der Waals surface area contributed by atoms with Crippen LogP contribution in [0, 0.1) is 5.82 Å². The van der Waals surface area contributed by atoms with Crippen LogP contribution < -0.4 is 5.32 Å². The van der Waals surface area contributed by atoms with Crippen LogP contribution in [-0.4, -0.2) is 14.5 Å². The third-order valence-electron chi connectivity index (χ3n) is 4.21. The molecule has 0 unspecified atom stereocenters. The number of benzene rings is 1. The van der Waals surface area contributed by atoms with Crippen molar-refractivity contribution in [2.75, 3.05) is 0 Å². The lowest BCUT2D eigenvalue weighted by Gasteiger charge is -2.11. The number of aryl methyl sites for hydroxylation is 2. The monoisotopic (exact) mass is 342 g/mol. The van der Waals surface area contributed by atoms with E-state index in [4.69, 9.17) is 4.98 Å². The van der Waals surface area contributed by atoms with E-state index in [-0.39, 0.29) is 5.82 Å². The fraction of sp³-hybridized carbons (Fsp3) is 0.333. The van der Waals surface area contributed by atoms with Gasteiger partial charge in [-0.25, -0.2) is 14.4 Å². The van der Waals surface area contributed by atoms with Crippen molar-refractivity contribution in [1.82, 2.24) is 19.9 Å². The zero-order valence-electron chi connectivity index (χ0n) is 13.3. The molecule has 0 atom stereocenters. The highest BCUT2D eigenvalue weighted by molar-refractivity contribution is 7.13. The highest BCUT2D eigenvalue weighted by atomic mass is 32.1. The van der Waals surface area contributed by atoms with Gasteiger partial charge in [0.1, 0.15) is 16.6 Å². The summed E-state index contributed by atoms with van der Waals surface area (Å²) >= 11 is 1.58. The molecule has 1 N–H and O–H groups in total. The highest BCUT2D eigenvalue weighted by Gasteiger charge is 2.12. The number of nitrogens with zero attached hydrogens (tertiary/aromatic N) is 3. The van der Waals surface area contributed by atoms with Gasteiger partial charge in [-0.1, -0.05) is 0 Å². The molecule has 0 aliphatic carbocycles. The summed E-state index contributed by atoms with van der Waals surface area (Å²) in [6.07, 6.45) is 5.75. The molecule has 1 aromatic carbocycles. The third-order valence-corrected chi connectivity index (χ3v) is 5.15. The second-order valence-corrected chi connectivity index (χ2v) is 6.91. The second-order valence-electron chi connectivity index (χ2n) is 6.05. The van der Waals surface area contributed by atoms with Crippen LogP contribution in [0.3, 0.4) is 0 Å². The Balaban J connectivity index is 1.35. The molecule has 4 rings (SSSR count). The predicted molar refractivity (Wildman–Crippen MR) is 93.2 cm³/mol. The Morgan fingerprint density at radius 1 is 1.08 bits per heavy atom. The summed E-state index contributed by atoms with van der Waals surface area (Å²) < 4.78 is 15.3. The molecule has 1 aliphatic rings. The first-order valence-corrected chi connectivity index (χ1v) is 9.12. The predicted octanol–water partition coefficient (Wildman–Crippen LogP) is 3.77. The van der Waals surface area contributed by atoms with E-state index in [1.54, 1.807) is 23.5 Å². The summed E-state index contributed by atoms with van der Waals surface area (Å²) in [4.78, 5) is 9.30. The normalized spacial score (nSPS) is 13.9. The molecule has 0 spiro atoms. The molecule has 6 heteroatoms. The summed E-state index contributed by atoms with van der Waals surface area (Å²) in [5, 5.41) is 6.38. The molecule has 0 bridgehead atoms. The van der Waals surface area contributed by atoms with Gasteiger partial charge in [0.25, 0.3) is 0 Å². The molecular formula is C18H19FN4S. The van der Waals surface area contributed by atoms with Crippen molar-refractivity contribution in [2.24, 2.45) is 0 Å². The number of aromatic nitrogens is 3. The van der Waals surface area contributed by atoms with E-state index in [0.717, 1.165) is 41.5 Å². The van der Waals surface area contributed by atoms with Gasteiger partial charge < -0.3 is 9.88 Å². The topological polar surface area (TPSA) is 42.7 Å². The third kappa shape index (κ3) is 3.39. The Kier molecular flexibility index (Phi) is 4.40. The van der Waals surface area contributed by atoms with E-state index in [1.807, 2.05) is 5.38 Å². The van der Waals surface area contributed by atoms with E-state index in [2.05, 4.69) is 21.1 Å². The maximum atomic E-state index is 13.0. The molecule has 3 aromatic rings. The Hall–Kier alpha value is -2.05. The smallest absolute Gasteiger partial charge is 0.123 e. The summed E-state index contributed by atoms with van der Waals surface area (Å²) in [7, 11) is 0. The Bertz CT molecular complexity index is 798. The minimum atomic E-state index is -0.222. The molecule has 3 heterocycles. The minimum Gasteiger partial charge on any atom is -0.335 e. The molecule has 0 radical (unpaired) electrons. The Morgan fingerprint density at radius 3 is 2.75 bits per heavy atom. The fourth-order valence-electron chi connectivity index (χ4n) is 2.99. The van der Waals surface area contributed by atoms with E-state index in [0.29, 0.717) is 6.54 Å². The summed E-state index contributed by atoms with van der Waals surface area (Å²) in [5.41, 5.74) is 3.05. The maximum Gasteiger partial charge on any atom is 0.123 e. The number of fused-ring (bicyclic) bond motifs is 1. The number of halogens is 1. The van der Waals surface area contributed by atoms with Gasteiger partial charge in [-0.2, -0.15) is 0 Å². The van der Waals surface area contributed by atoms with E-state index in [9.17, 15) is 4.39 Å². The zero-order chi connectivity index (χ0) is 16.4. The molecule has 24 heavy (non-hydrogen) atoms. The van der Waals surface area contributed by atoms with Gasteiger partial charge in [-0.3, -0.25) is 0 Å². The van der Waals surface area contributed by atoms with Crippen LogP contribution in [0.1, 0.15) is 30.1 Å². The van der Waals surface area contributed by atoms with Crippen LogP contribution >= 0.6 is 11.3 Å². The quantitative estimate of drug-likeness (QED) is 0.767. The number of nitrogens with one attached hydrogen (secondary N) is 1. The lowest BCUT2D eigenvalue weighted by atomic mass is 10.2. The van der Waals surface area contributed by atoms with Crippen molar-refractivity contribution in [1.29, 1.82) is 0 Å². The maximum absolute atomic E-state index is 13.0. The van der Waals surface area contributed by atoms with Gasteiger partial charge in [0, 0.05) is 43.2 Å². The molecule has 2 aromatic heterocycles. The molecule has 4 nitrogen and oxygen atoms in total. The molecule has 0 saturated carbocycles.